The van der Waals surface area contributed by atoms with E-state index in [0.717, 1.165) is 26.2 Å². The van der Waals surface area contributed by atoms with Crippen LogP contribution < -0.4 is 10.2 Å². The van der Waals surface area contributed by atoms with E-state index in [1.807, 2.05) is 31.2 Å². The second-order valence-corrected chi connectivity index (χ2v) is 4.00. The first-order valence-corrected chi connectivity index (χ1v) is 6.04. The molecule has 0 saturated carbocycles. The van der Waals surface area contributed by atoms with Gasteiger partial charge in [-0.05, 0) is 31.2 Å². The molecule has 0 bridgehead atoms. The number of carbonyl (C=O) groups excluding carboxylic acids is 1. The molecule has 1 aromatic carbocycles. The van der Waals surface area contributed by atoms with Crippen LogP contribution in [0.5, 0.6) is 0 Å². The van der Waals surface area contributed by atoms with Crippen molar-refractivity contribution in [2.24, 2.45) is 0 Å². The fourth-order valence-corrected chi connectivity index (χ4v) is 1.95. The van der Waals surface area contributed by atoms with Crippen LogP contribution in [0.1, 0.15) is 17.3 Å². The molecule has 0 aromatic heterocycles. The minimum atomic E-state index is -0.251. The Morgan fingerprint density at radius 3 is 2.44 bits per heavy atom. The van der Waals surface area contributed by atoms with Crippen molar-refractivity contribution < 1.29 is 9.53 Å². The molecule has 0 atom stereocenters. The number of nitrogens with zero attached hydrogens (tertiary/aromatic N) is 1. The molecule has 4 nitrogen and oxygen atoms in total. The quantitative estimate of drug-likeness (QED) is 0.865. The zero-order chi connectivity index (χ0) is 12.1. The molecular formula is C13H19BrN2O2. The number of hydrogen-bond donors (Lipinski definition) is 1. The van der Waals surface area contributed by atoms with E-state index in [4.69, 9.17) is 4.74 Å². The first-order chi connectivity index (χ1) is 8.31. The van der Waals surface area contributed by atoms with Crippen molar-refractivity contribution in [3.05, 3.63) is 29.8 Å². The number of nitrogens with one attached hydrogen (secondary N) is 1. The zero-order valence-electron chi connectivity index (χ0n) is 10.5. The highest BCUT2D eigenvalue weighted by Gasteiger charge is 2.11. The number of halogens is 1. The molecule has 0 amide bonds. The number of piperazine rings is 1. The summed E-state index contributed by atoms with van der Waals surface area (Å²) < 4.78 is 4.95. The molecule has 1 N–H and O–H groups in total. The van der Waals surface area contributed by atoms with Crippen molar-refractivity contribution in [1.29, 1.82) is 0 Å². The van der Waals surface area contributed by atoms with Crippen molar-refractivity contribution in [3.8, 4) is 0 Å². The average Bonchev–Trinajstić information content (AvgIpc) is 2.40. The number of benzene rings is 1. The average molecular weight is 315 g/mol. The van der Waals surface area contributed by atoms with Gasteiger partial charge < -0.3 is 15.0 Å². The molecule has 1 saturated heterocycles. The van der Waals surface area contributed by atoms with Crippen LogP contribution in [0.15, 0.2) is 24.3 Å². The molecule has 18 heavy (non-hydrogen) atoms. The lowest BCUT2D eigenvalue weighted by Crippen LogP contribution is -2.43. The van der Waals surface area contributed by atoms with Crippen molar-refractivity contribution in [3.63, 3.8) is 0 Å². The maximum Gasteiger partial charge on any atom is 0.338 e. The second-order valence-electron chi connectivity index (χ2n) is 4.00. The van der Waals surface area contributed by atoms with E-state index in [1.54, 1.807) is 0 Å². The largest absolute Gasteiger partial charge is 0.462 e. The Morgan fingerprint density at radius 1 is 1.28 bits per heavy atom. The van der Waals surface area contributed by atoms with E-state index in [0.29, 0.717) is 12.2 Å². The Labute approximate surface area is 118 Å². The molecular weight excluding hydrogens is 296 g/mol. The van der Waals surface area contributed by atoms with Crippen LogP contribution in [0.3, 0.4) is 0 Å². The van der Waals surface area contributed by atoms with Crippen molar-refractivity contribution in [1.82, 2.24) is 5.32 Å². The van der Waals surface area contributed by atoms with Crippen molar-refractivity contribution in [2.75, 3.05) is 37.7 Å². The standard InChI is InChI=1S/C13H18N2O2.BrH/c1-2-17-13(16)11-3-5-12(6-4-11)15-9-7-14-8-10-15;/h3-6,14H,2,7-10H2,1H3;1H. The normalized spacial score (nSPS) is 14.8. The number of ether oxygens (including phenoxy) is 1. The highest BCUT2D eigenvalue weighted by Crippen LogP contribution is 2.16. The SMILES string of the molecule is Br.CCOC(=O)c1ccc(N2CCNCC2)cc1. The molecule has 0 aliphatic carbocycles. The molecule has 0 radical (unpaired) electrons. The first-order valence-electron chi connectivity index (χ1n) is 6.04. The molecule has 5 heteroatoms. The number of esters is 1. The van der Waals surface area contributed by atoms with E-state index >= 15 is 0 Å². The lowest BCUT2D eigenvalue weighted by atomic mass is 10.2. The van der Waals surface area contributed by atoms with Gasteiger partial charge in [0.05, 0.1) is 12.2 Å². The monoisotopic (exact) mass is 314 g/mol. The third-order valence-corrected chi connectivity index (χ3v) is 2.86. The fourth-order valence-electron chi connectivity index (χ4n) is 1.95. The summed E-state index contributed by atoms with van der Waals surface area (Å²) in [5.74, 6) is -0.251. The molecule has 1 aliphatic rings. The molecule has 1 aliphatic heterocycles. The Balaban J connectivity index is 0.00000162. The predicted molar refractivity (Wildman–Crippen MR) is 77.8 cm³/mol. The molecule has 2 rings (SSSR count). The molecule has 0 unspecified atom stereocenters. The Bertz CT molecular complexity index is 375. The maximum atomic E-state index is 11.5. The zero-order valence-corrected chi connectivity index (χ0v) is 12.2. The number of hydrogen-bond acceptors (Lipinski definition) is 4. The van der Waals surface area contributed by atoms with Crippen molar-refractivity contribution >= 4 is 28.6 Å². The van der Waals surface area contributed by atoms with Gasteiger partial charge in [-0.3, -0.25) is 0 Å². The highest BCUT2D eigenvalue weighted by molar-refractivity contribution is 8.93. The second kappa shape index (κ2) is 7.38. The summed E-state index contributed by atoms with van der Waals surface area (Å²) >= 11 is 0. The van der Waals surface area contributed by atoms with E-state index < -0.39 is 0 Å². The van der Waals surface area contributed by atoms with Gasteiger partial charge in [-0.1, -0.05) is 0 Å². The molecule has 1 fully saturated rings. The number of rotatable bonds is 3. The number of anilines is 1. The van der Waals surface area contributed by atoms with Crippen LogP contribution in [0.2, 0.25) is 0 Å². The van der Waals surface area contributed by atoms with Gasteiger partial charge in [0.15, 0.2) is 0 Å². The van der Waals surface area contributed by atoms with Crippen LogP contribution in [0.4, 0.5) is 5.69 Å². The molecule has 100 valence electrons. The van der Waals surface area contributed by atoms with Crippen LogP contribution in [-0.2, 0) is 4.74 Å². The molecule has 1 heterocycles. The summed E-state index contributed by atoms with van der Waals surface area (Å²) in [7, 11) is 0. The van der Waals surface area contributed by atoms with Gasteiger partial charge in [0.2, 0.25) is 0 Å². The van der Waals surface area contributed by atoms with Gasteiger partial charge in [-0.15, -0.1) is 17.0 Å². The summed E-state index contributed by atoms with van der Waals surface area (Å²) in [6, 6.07) is 7.62. The van der Waals surface area contributed by atoms with Crippen LogP contribution in [0, 0.1) is 0 Å². The van der Waals surface area contributed by atoms with Crippen LogP contribution in [0.25, 0.3) is 0 Å². The summed E-state index contributed by atoms with van der Waals surface area (Å²) in [6.45, 7) is 6.28. The van der Waals surface area contributed by atoms with E-state index in [-0.39, 0.29) is 23.0 Å². The first kappa shape index (κ1) is 15.0. The molecule has 0 spiro atoms. The predicted octanol–water partition coefficient (Wildman–Crippen LogP) is 1.85. The summed E-state index contributed by atoms with van der Waals surface area (Å²) in [6.07, 6.45) is 0. The van der Waals surface area contributed by atoms with Gasteiger partial charge in [-0.2, -0.15) is 0 Å². The summed E-state index contributed by atoms with van der Waals surface area (Å²) in [5, 5.41) is 3.32. The van der Waals surface area contributed by atoms with Crippen LogP contribution >= 0.6 is 17.0 Å². The van der Waals surface area contributed by atoms with Crippen molar-refractivity contribution in [2.45, 2.75) is 6.92 Å². The maximum absolute atomic E-state index is 11.5. The lowest BCUT2D eigenvalue weighted by Gasteiger charge is -2.29. The third kappa shape index (κ3) is 3.71. The highest BCUT2D eigenvalue weighted by atomic mass is 79.9. The van der Waals surface area contributed by atoms with E-state index in [9.17, 15) is 4.79 Å². The van der Waals surface area contributed by atoms with E-state index in [1.165, 1.54) is 5.69 Å². The minimum absolute atomic E-state index is 0. The van der Waals surface area contributed by atoms with Gasteiger partial charge in [0, 0.05) is 31.9 Å². The smallest absolute Gasteiger partial charge is 0.338 e. The van der Waals surface area contributed by atoms with E-state index in [2.05, 4.69) is 10.2 Å². The Morgan fingerprint density at radius 2 is 1.89 bits per heavy atom. The third-order valence-electron chi connectivity index (χ3n) is 2.86. The Hall–Kier alpha value is -1.07. The van der Waals surface area contributed by atoms with Gasteiger partial charge in [0.25, 0.3) is 0 Å². The molecule has 1 aromatic rings. The Kier molecular flexibility index (Phi) is 6.15. The fraction of sp³-hybridized carbons (Fsp3) is 0.462. The van der Waals surface area contributed by atoms with Crippen LogP contribution in [-0.4, -0.2) is 38.8 Å². The minimum Gasteiger partial charge on any atom is -0.462 e. The van der Waals surface area contributed by atoms with Gasteiger partial charge in [0.1, 0.15) is 0 Å². The van der Waals surface area contributed by atoms with Gasteiger partial charge in [-0.25, -0.2) is 4.79 Å². The summed E-state index contributed by atoms with van der Waals surface area (Å²) in [5.41, 5.74) is 1.78. The lowest BCUT2D eigenvalue weighted by molar-refractivity contribution is 0.0526. The topological polar surface area (TPSA) is 41.6 Å². The van der Waals surface area contributed by atoms with Gasteiger partial charge >= 0.3 is 5.97 Å². The number of carbonyl (C=O) groups is 1. The summed E-state index contributed by atoms with van der Waals surface area (Å²) in [4.78, 5) is 13.8.